The predicted molar refractivity (Wildman–Crippen MR) is 92.7 cm³/mol. The van der Waals surface area contributed by atoms with Crippen LogP contribution < -0.4 is 10.2 Å². The first kappa shape index (κ1) is 15.5. The van der Waals surface area contributed by atoms with Crippen molar-refractivity contribution in [3.05, 3.63) is 83.9 Å². The van der Waals surface area contributed by atoms with Gasteiger partial charge < -0.3 is 10.2 Å². The fourth-order valence-corrected chi connectivity index (χ4v) is 2.14. The molecule has 0 saturated carbocycles. The van der Waals surface area contributed by atoms with E-state index in [0.29, 0.717) is 22.5 Å². The molecular weight excluding hydrogens is 300 g/mol. The SMILES string of the molecule is [O-]c1ccccc1C=Nc1ccccc1N=Cc1ccccc1[O-]. The molecule has 0 spiro atoms. The van der Waals surface area contributed by atoms with Gasteiger partial charge in [-0.2, -0.15) is 0 Å². The number of hydrogen-bond donors (Lipinski definition) is 0. The topological polar surface area (TPSA) is 70.8 Å². The van der Waals surface area contributed by atoms with Crippen molar-refractivity contribution < 1.29 is 10.2 Å². The Bertz CT molecular complexity index is 827. The zero-order valence-electron chi connectivity index (χ0n) is 12.8. The van der Waals surface area contributed by atoms with Crippen LogP contribution in [0.2, 0.25) is 0 Å². The fraction of sp³-hybridized carbons (Fsp3) is 0. The number of benzene rings is 3. The summed E-state index contributed by atoms with van der Waals surface area (Å²) >= 11 is 0. The molecule has 0 radical (unpaired) electrons. The highest BCUT2D eigenvalue weighted by Crippen LogP contribution is 2.27. The summed E-state index contributed by atoms with van der Waals surface area (Å²) in [6.07, 6.45) is 3.05. The normalized spacial score (nSPS) is 11.3. The summed E-state index contributed by atoms with van der Waals surface area (Å²) in [5.41, 5.74) is 2.28. The van der Waals surface area contributed by atoms with Gasteiger partial charge in [0.15, 0.2) is 0 Å². The minimum absolute atomic E-state index is 0.0810. The number of rotatable bonds is 4. The highest BCUT2D eigenvalue weighted by atomic mass is 16.3. The van der Waals surface area contributed by atoms with Crippen LogP contribution in [-0.2, 0) is 0 Å². The monoisotopic (exact) mass is 314 g/mol. The highest BCUT2D eigenvalue weighted by Gasteiger charge is 1.98. The molecule has 0 N–H and O–H groups in total. The highest BCUT2D eigenvalue weighted by molar-refractivity contribution is 5.89. The second kappa shape index (κ2) is 7.24. The van der Waals surface area contributed by atoms with Crippen LogP contribution in [0.3, 0.4) is 0 Å². The van der Waals surface area contributed by atoms with Gasteiger partial charge >= 0.3 is 0 Å². The van der Waals surface area contributed by atoms with Crippen LogP contribution in [0.15, 0.2) is 82.8 Å². The molecule has 0 fully saturated rings. The van der Waals surface area contributed by atoms with Crippen molar-refractivity contribution in [3.8, 4) is 11.5 Å². The molecule has 0 aliphatic heterocycles. The van der Waals surface area contributed by atoms with Crippen LogP contribution in [0, 0.1) is 0 Å². The lowest BCUT2D eigenvalue weighted by Crippen LogP contribution is -1.95. The molecule has 4 heteroatoms. The smallest absolute Gasteiger partial charge is 0.0886 e. The van der Waals surface area contributed by atoms with E-state index in [1.165, 1.54) is 24.6 Å². The van der Waals surface area contributed by atoms with Crippen LogP contribution in [0.1, 0.15) is 11.1 Å². The summed E-state index contributed by atoms with van der Waals surface area (Å²) in [7, 11) is 0. The Labute approximate surface area is 140 Å². The number of para-hydroxylation sites is 4. The molecule has 3 aromatic rings. The molecule has 0 atom stereocenters. The Balaban J connectivity index is 1.89. The van der Waals surface area contributed by atoms with E-state index in [1.54, 1.807) is 48.5 Å². The van der Waals surface area contributed by atoms with Crippen molar-refractivity contribution in [2.75, 3.05) is 0 Å². The van der Waals surface area contributed by atoms with Gasteiger partial charge in [0.1, 0.15) is 0 Å². The summed E-state index contributed by atoms with van der Waals surface area (Å²) in [6, 6.07) is 20.7. The molecule has 3 rings (SSSR count). The van der Waals surface area contributed by atoms with Gasteiger partial charge in [-0.25, -0.2) is 0 Å². The standard InChI is InChI=1S/C20H16N2O2/c23-19-11-5-1-7-15(19)13-21-17-9-3-4-10-18(17)22-14-16-8-2-6-12-20(16)24/h1-14,23-24H/p-2. The van der Waals surface area contributed by atoms with Gasteiger partial charge in [0.25, 0.3) is 0 Å². The quantitative estimate of drug-likeness (QED) is 0.693. The second-order valence-corrected chi connectivity index (χ2v) is 5.08. The van der Waals surface area contributed by atoms with Gasteiger partial charge in [-0.05, 0) is 23.3 Å². The van der Waals surface area contributed by atoms with Gasteiger partial charge in [0.2, 0.25) is 0 Å². The lowest BCUT2D eigenvalue weighted by atomic mass is 10.2. The maximum Gasteiger partial charge on any atom is 0.0886 e. The Morgan fingerprint density at radius 1 is 0.542 bits per heavy atom. The van der Waals surface area contributed by atoms with Crippen molar-refractivity contribution in [1.29, 1.82) is 0 Å². The van der Waals surface area contributed by atoms with Gasteiger partial charge in [0, 0.05) is 12.4 Å². The van der Waals surface area contributed by atoms with Crippen LogP contribution in [0.25, 0.3) is 0 Å². The molecule has 4 nitrogen and oxygen atoms in total. The third-order valence-electron chi connectivity index (χ3n) is 3.41. The second-order valence-electron chi connectivity index (χ2n) is 5.08. The number of aliphatic imine (C=N–C) groups is 2. The van der Waals surface area contributed by atoms with Gasteiger partial charge in [-0.1, -0.05) is 60.7 Å². The first-order valence-electron chi connectivity index (χ1n) is 7.43. The molecular formula is C20H14N2O2-2. The van der Waals surface area contributed by atoms with Gasteiger partial charge in [-0.15, -0.1) is 11.5 Å². The Morgan fingerprint density at radius 2 is 0.917 bits per heavy atom. The van der Waals surface area contributed by atoms with E-state index >= 15 is 0 Å². The molecule has 0 saturated heterocycles. The molecule has 0 heterocycles. The van der Waals surface area contributed by atoms with E-state index in [4.69, 9.17) is 0 Å². The van der Waals surface area contributed by atoms with Gasteiger partial charge in [0.05, 0.1) is 11.4 Å². The third-order valence-corrected chi connectivity index (χ3v) is 3.41. The molecule has 24 heavy (non-hydrogen) atoms. The van der Waals surface area contributed by atoms with E-state index in [2.05, 4.69) is 9.98 Å². The lowest BCUT2D eigenvalue weighted by molar-refractivity contribution is -0.269. The van der Waals surface area contributed by atoms with Crippen molar-refractivity contribution in [2.24, 2.45) is 9.98 Å². The van der Waals surface area contributed by atoms with E-state index in [-0.39, 0.29) is 11.5 Å². The summed E-state index contributed by atoms with van der Waals surface area (Å²) in [5.74, 6) is -0.162. The third kappa shape index (κ3) is 3.67. The Kier molecular flexibility index (Phi) is 4.68. The van der Waals surface area contributed by atoms with Crippen molar-refractivity contribution >= 4 is 23.8 Å². The van der Waals surface area contributed by atoms with Crippen LogP contribution >= 0.6 is 0 Å². The van der Waals surface area contributed by atoms with E-state index in [1.807, 2.05) is 12.1 Å². The molecule has 0 bridgehead atoms. The number of nitrogens with zero attached hydrogens (tertiary/aromatic N) is 2. The molecule has 118 valence electrons. The number of hydrogen-bond acceptors (Lipinski definition) is 4. The molecule has 0 aromatic heterocycles. The maximum atomic E-state index is 11.7. The first-order chi connectivity index (χ1) is 11.7. The molecule has 0 aliphatic rings. The summed E-state index contributed by atoms with van der Waals surface area (Å²) < 4.78 is 0. The van der Waals surface area contributed by atoms with E-state index in [0.717, 1.165) is 0 Å². The Morgan fingerprint density at radius 3 is 1.33 bits per heavy atom. The van der Waals surface area contributed by atoms with E-state index in [9.17, 15) is 10.2 Å². The molecule has 0 unspecified atom stereocenters. The largest absolute Gasteiger partial charge is 0.872 e. The van der Waals surface area contributed by atoms with Crippen molar-refractivity contribution in [3.63, 3.8) is 0 Å². The zero-order chi connectivity index (χ0) is 16.8. The first-order valence-corrected chi connectivity index (χ1v) is 7.43. The molecule has 3 aromatic carbocycles. The zero-order valence-corrected chi connectivity index (χ0v) is 12.8. The molecule has 0 aliphatic carbocycles. The molecule has 0 amide bonds. The van der Waals surface area contributed by atoms with E-state index < -0.39 is 0 Å². The van der Waals surface area contributed by atoms with Crippen molar-refractivity contribution in [2.45, 2.75) is 0 Å². The average molecular weight is 314 g/mol. The van der Waals surface area contributed by atoms with Gasteiger partial charge in [-0.3, -0.25) is 9.98 Å². The van der Waals surface area contributed by atoms with Crippen LogP contribution in [0.4, 0.5) is 11.4 Å². The minimum Gasteiger partial charge on any atom is -0.872 e. The summed E-state index contributed by atoms with van der Waals surface area (Å²) in [6.45, 7) is 0. The fourth-order valence-electron chi connectivity index (χ4n) is 2.14. The summed E-state index contributed by atoms with van der Waals surface area (Å²) in [5, 5.41) is 23.4. The summed E-state index contributed by atoms with van der Waals surface area (Å²) in [4.78, 5) is 8.71. The van der Waals surface area contributed by atoms with Crippen LogP contribution in [-0.4, -0.2) is 12.4 Å². The van der Waals surface area contributed by atoms with Crippen LogP contribution in [0.5, 0.6) is 11.5 Å². The van der Waals surface area contributed by atoms with Crippen molar-refractivity contribution in [1.82, 2.24) is 0 Å². The predicted octanol–water partition coefficient (Wildman–Crippen LogP) is 3.34. The average Bonchev–Trinajstić information content (AvgIpc) is 2.61. The maximum absolute atomic E-state index is 11.7. The Hall–Kier alpha value is -3.40. The minimum atomic E-state index is -0.0810. The lowest BCUT2D eigenvalue weighted by Gasteiger charge is -2.09.